The van der Waals surface area contributed by atoms with E-state index in [1.54, 1.807) is 0 Å². The van der Waals surface area contributed by atoms with Gasteiger partial charge in [0.05, 0.1) is 0 Å². The van der Waals surface area contributed by atoms with Gasteiger partial charge in [0.15, 0.2) is 17.4 Å². The van der Waals surface area contributed by atoms with Crippen LogP contribution in [0.4, 0.5) is 0 Å². The molecule has 0 aliphatic carbocycles. The summed E-state index contributed by atoms with van der Waals surface area (Å²) in [7, 11) is 0. The third kappa shape index (κ3) is 20.2. The molecule has 0 radical (unpaired) electrons. The van der Waals surface area contributed by atoms with Crippen LogP contribution in [0.5, 0.6) is 0 Å². The number of hydrogen-bond acceptors (Lipinski definition) is 2. The average molecular weight is 132 g/mol. The van der Waals surface area contributed by atoms with Crippen LogP contribution in [0.1, 0.15) is 0 Å². The van der Waals surface area contributed by atoms with Gasteiger partial charge in [0.25, 0.3) is 0 Å². The van der Waals surface area contributed by atoms with Gasteiger partial charge in [-0.1, -0.05) is 0 Å². The summed E-state index contributed by atoms with van der Waals surface area (Å²) < 4.78 is 0. The van der Waals surface area contributed by atoms with E-state index in [0.717, 1.165) is 0 Å². The van der Waals surface area contributed by atoms with Crippen molar-refractivity contribution >= 4 is 46.4 Å². The minimum atomic E-state index is -1.19. The third-order valence-electron chi connectivity index (χ3n) is 0.135. The molecule has 2 N–H and O–H groups in total. The van der Waals surface area contributed by atoms with Crippen molar-refractivity contribution in [2.24, 2.45) is 0 Å². The first-order chi connectivity index (χ1) is 2.27. The zero-order chi connectivity index (χ0) is 4.28. The Morgan fingerprint density at radius 1 is 1.57 bits per heavy atom. The van der Waals surface area contributed by atoms with Crippen molar-refractivity contribution in [3.05, 3.63) is 0 Å². The van der Waals surface area contributed by atoms with Crippen molar-refractivity contribution in [2.75, 3.05) is 6.61 Å². The van der Waals surface area contributed by atoms with Crippen molar-refractivity contribution in [3.63, 3.8) is 0 Å². The van der Waals surface area contributed by atoms with E-state index in [1.165, 1.54) is 0 Å². The number of rotatable bonds is 1. The molecule has 5 heteroatoms. The van der Waals surface area contributed by atoms with Crippen LogP contribution in [0.25, 0.3) is 0 Å². The van der Waals surface area contributed by atoms with Crippen LogP contribution in [0.3, 0.4) is 0 Å². The molecule has 0 fully saturated rings. The molecule has 0 amide bonds. The first-order valence-electron chi connectivity index (χ1n) is 1.10. The zero-order valence-electron chi connectivity index (χ0n) is 2.51. The summed E-state index contributed by atoms with van der Waals surface area (Å²) in [5.74, 6) is -1.19. The number of carboxylic acid groups (broad SMARTS) is 1. The monoisotopic (exact) mass is 132 g/mol. The van der Waals surface area contributed by atoms with Crippen LogP contribution in [-0.4, -0.2) is 63.2 Å². The summed E-state index contributed by atoms with van der Waals surface area (Å²) in [4.78, 5) is 9.12. The summed E-state index contributed by atoms with van der Waals surface area (Å²) in [6.45, 7) is -0.778. The Morgan fingerprint density at radius 3 is 1.71 bits per heavy atom. The Morgan fingerprint density at radius 2 is 1.71 bits per heavy atom. The van der Waals surface area contributed by atoms with Crippen LogP contribution in [-0.2, 0) is 4.79 Å². The van der Waals surface area contributed by atoms with E-state index in [0.29, 0.717) is 0 Å². The third-order valence-corrected chi connectivity index (χ3v) is 0.135. The maximum absolute atomic E-state index is 9.12. The Kier molecular flexibility index (Phi) is 22.1. The van der Waals surface area contributed by atoms with Crippen molar-refractivity contribution in [3.8, 4) is 0 Å². The first-order valence-corrected chi connectivity index (χ1v) is 1.10. The Bertz CT molecular complexity index is 48.2. The molecule has 0 rings (SSSR count). The number of hydrogen-bond donors (Lipinski definition) is 2. The lowest BCUT2D eigenvalue weighted by Gasteiger charge is -1.72. The van der Waals surface area contributed by atoms with Crippen LogP contribution >= 0.6 is 0 Å². The topological polar surface area (TPSA) is 57.5 Å². The first kappa shape index (κ1) is 15.6. The van der Waals surface area contributed by atoms with E-state index in [-0.39, 0.29) is 40.4 Å². The van der Waals surface area contributed by atoms with Gasteiger partial charge in [-0.25, -0.2) is 4.79 Å². The van der Waals surface area contributed by atoms with Gasteiger partial charge in [-0.3, -0.25) is 0 Å². The molecule has 7 heavy (non-hydrogen) atoms. The second-order valence-electron chi connectivity index (χ2n) is 0.552. The summed E-state index contributed by atoms with van der Waals surface area (Å²) in [6.07, 6.45) is 0. The fourth-order valence-corrected chi connectivity index (χ4v) is 0. The number of aliphatic carboxylic acids is 1. The van der Waals surface area contributed by atoms with Gasteiger partial charge in [-0.05, 0) is 0 Å². The van der Waals surface area contributed by atoms with E-state index in [4.69, 9.17) is 15.0 Å². The molecule has 0 aromatic carbocycles. The number of aliphatic hydroxyl groups excluding tert-OH is 1. The lowest BCUT2D eigenvalue weighted by atomic mass is 10.8. The van der Waals surface area contributed by atoms with E-state index in [2.05, 4.69) is 0 Å². The molecule has 0 saturated carbocycles. The van der Waals surface area contributed by atoms with Gasteiger partial charge >= 0.3 is 29.0 Å². The minimum Gasteiger partial charge on any atom is -0.480 e. The molecule has 0 unspecified atom stereocenters. The molecule has 0 atom stereocenters. The van der Waals surface area contributed by atoms with Crippen LogP contribution in [0.15, 0.2) is 0 Å². The summed E-state index contributed by atoms with van der Waals surface area (Å²) in [6, 6.07) is 0. The Balaban J connectivity index is -0.0000000800. The normalized spacial score (nSPS) is 5.29. The minimum absolute atomic E-state index is 0. The van der Waals surface area contributed by atoms with Gasteiger partial charge in [0.1, 0.15) is 6.61 Å². The lowest BCUT2D eigenvalue weighted by molar-refractivity contribution is -0.140. The van der Waals surface area contributed by atoms with E-state index in [1.807, 2.05) is 0 Å². The van der Waals surface area contributed by atoms with Crippen LogP contribution < -0.4 is 0 Å². The maximum atomic E-state index is 9.12. The van der Waals surface area contributed by atoms with Crippen molar-refractivity contribution in [2.45, 2.75) is 0 Å². The Hall–Kier alpha value is 0.729. The zero-order valence-corrected chi connectivity index (χ0v) is 2.51. The number of carbonyl (C=O) groups is 1. The van der Waals surface area contributed by atoms with Gasteiger partial charge in [0, 0.05) is 0 Å². The molecule has 0 saturated heterocycles. The fraction of sp³-hybridized carbons (Fsp3) is 0.500. The maximum Gasteiger partial charge on any atom is 0.329 e. The van der Waals surface area contributed by atoms with Gasteiger partial charge < -0.3 is 10.2 Å². The van der Waals surface area contributed by atoms with E-state index >= 15 is 0 Å². The van der Waals surface area contributed by atoms with E-state index in [9.17, 15) is 0 Å². The molecule has 0 bridgehead atoms. The molecule has 0 aliphatic heterocycles. The molecule has 0 aromatic rings. The fourth-order valence-electron chi connectivity index (χ4n) is 0. The van der Waals surface area contributed by atoms with Gasteiger partial charge in [-0.2, -0.15) is 0 Å². The SMILES string of the molecule is O=C(O)CO.[AlH3].[MgH2]. The quantitative estimate of drug-likeness (QED) is 0.373. The molecule has 40 valence electrons. The lowest BCUT2D eigenvalue weighted by Crippen LogP contribution is -1.98. The molecule has 0 aliphatic rings. The summed E-state index contributed by atoms with van der Waals surface area (Å²) in [5.41, 5.74) is 0. The van der Waals surface area contributed by atoms with Gasteiger partial charge in [0.2, 0.25) is 0 Å². The highest BCUT2D eigenvalue weighted by atomic mass is 27.0. The molecule has 0 heterocycles. The second-order valence-corrected chi connectivity index (χ2v) is 0.552. The smallest absolute Gasteiger partial charge is 0.329 e. The highest BCUT2D eigenvalue weighted by Gasteiger charge is 1.82. The highest BCUT2D eigenvalue weighted by molar-refractivity contribution is 5.76. The van der Waals surface area contributed by atoms with Crippen molar-refractivity contribution in [1.29, 1.82) is 0 Å². The molecule has 0 aromatic heterocycles. The second kappa shape index (κ2) is 9.88. The standard InChI is InChI=1S/C2H4O3.Al.Mg.5H/c3-1-2(4)5;;;;;;;/h3H,1H2,(H,4,5);;;;;;;. The van der Waals surface area contributed by atoms with Crippen molar-refractivity contribution < 1.29 is 15.0 Å². The highest BCUT2D eigenvalue weighted by Crippen LogP contribution is 1.48. The van der Waals surface area contributed by atoms with E-state index < -0.39 is 12.6 Å². The largest absolute Gasteiger partial charge is 0.480 e. The van der Waals surface area contributed by atoms with Crippen LogP contribution in [0, 0.1) is 0 Å². The molecule has 0 spiro atoms. The summed E-state index contributed by atoms with van der Waals surface area (Å²) >= 11 is 0. The Labute approximate surface area is 68.0 Å². The van der Waals surface area contributed by atoms with Crippen LogP contribution in [0.2, 0.25) is 0 Å². The van der Waals surface area contributed by atoms with Crippen molar-refractivity contribution in [1.82, 2.24) is 0 Å². The molecular formula is C2H9AlMgO3. The number of carboxylic acids is 1. The molecular weight excluding hydrogens is 123 g/mol. The predicted octanol–water partition coefficient (Wildman–Crippen LogP) is -3.04. The number of aliphatic hydroxyl groups is 1. The average Bonchev–Trinajstić information content (AvgIpc) is 1.38. The predicted molar refractivity (Wildman–Crippen MR) is 33.2 cm³/mol. The van der Waals surface area contributed by atoms with Gasteiger partial charge in [-0.15, -0.1) is 0 Å². The summed E-state index contributed by atoms with van der Waals surface area (Å²) in [5, 5.41) is 15.0. The molecule has 3 nitrogen and oxygen atoms in total.